The molecule has 0 rings (SSSR count). The first kappa shape index (κ1) is 28.5. The van der Waals surface area contributed by atoms with Crippen LogP contribution in [0, 0.1) is 10.8 Å². The Kier molecular flexibility index (Phi) is 12.4. The van der Waals surface area contributed by atoms with E-state index < -0.39 is 46.9 Å². The van der Waals surface area contributed by atoms with Gasteiger partial charge in [-0.2, -0.15) is 0 Å². The van der Waals surface area contributed by atoms with Crippen molar-refractivity contribution in [3.05, 3.63) is 0 Å². The molecular formula is C19H31IO10. The summed E-state index contributed by atoms with van der Waals surface area (Å²) in [6, 6.07) is 0. The number of esters is 4. The first-order chi connectivity index (χ1) is 13.7. The summed E-state index contributed by atoms with van der Waals surface area (Å²) in [4.78, 5) is 46.5. The molecule has 0 aromatic heterocycles. The fourth-order valence-electron chi connectivity index (χ4n) is 2.46. The Balaban J connectivity index is 4.78. The highest BCUT2D eigenvalue weighted by Crippen LogP contribution is 2.37. The third kappa shape index (κ3) is 11.1. The van der Waals surface area contributed by atoms with Crippen LogP contribution >= 0.6 is 22.6 Å². The molecule has 0 spiro atoms. The molecule has 0 aliphatic carbocycles. The standard InChI is InChI=1S/C19H31IO10/c1-12(21)27-6-14(23)8-29-16(25)18(3,4)10-19(5,11-20)17(26)30-9-15(24)7-28-13(2)22/h14-15,23-24H,6-11H2,1-5H3. The molecule has 10 nitrogen and oxygen atoms in total. The van der Waals surface area contributed by atoms with E-state index in [1.165, 1.54) is 13.8 Å². The van der Waals surface area contributed by atoms with Crippen molar-refractivity contribution in [1.82, 2.24) is 0 Å². The summed E-state index contributed by atoms with van der Waals surface area (Å²) in [5.41, 5.74) is -2.14. The number of hydrogen-bond acceptors (Lipinski definition) is 10. The number of rotatable bonds is 13. The molecule has 0 amide bonds. The number of aliphatic hydroxyl groups excluding tert-OH is 2. The lowest BCUT2D eigenvalue weighted by Crippen LogP contribution is -2.41. The van der Waals surface area contributed by atoms with Gasteiger partial charge in [0.1, 0.15) is 38.6 Å². The Morgan fingerprint density at radius 1 is 0.767 bits per heavy atom. The van der Waals surface area contributed by atoms with E-state index in [0.29, 0.717) is 4.43 Å². The maximum absolute atomic E-state index is 12.6. The molecule has 3 atom stereocenters. The molecule has 0 radical (unpaired) electrons. The SMILES string of the molecule is CC(=O)OCC(O)COC(=O)C(C)(C)CC(C)(CI)C(=O)OCC(O)COC(C)=O. The van der Waals surface area contributed by atoms with E-state index in [0.717, 1.165) is 0 Å². The second kappa shape index (κ2) is 13.1. The van der Waals surface area contributed by atoms with Crippen molar-refractivity contribution in [2.45, 2.75) is 53.2 Å². The Morgan fingerprint density at radius 2 is 1.13 bits per heavy atom. The van der Waals surface area contributed by atoms with Gasteiger partial charge in [-0.15, -0.1) is 0 Å². The smallest absolute Gasteiger partial charge is 0.312 e. The van der Waals surface area contributed by atoms with Crippen molar-refractivity contribution in [3.63, 3.8) is 0 Å². The maximum atomic E-state index is 12.6. The number of aliphatic hydroxyl groups is 2. The Morgan fingerprint density at radius 3 is 1.50 bits per heavy atom. The second-order valence-electron chi connectivity index (χ2n) is 7.86. The van der Waals surface area contributed by atoms with Crippen molar-refractivity contribution in [2.75, 3.05) is 30.9 Å². The van der Waals surface area contributed by atoms with Crippen molar-refractivity contribution in [1.29, 1.82) is 0 Å². The minimum Gasteiger partial charge on any atom is -0.463 e. The Labute approximate surface area is 189 Å². The molecule has 0 aromatic carbocycles. The van der Waals surface area contributed by atoms with Gasteiger partial charge < -0.3 is 29.2 Å². The molecule has 0 aromatic rings. The van der Waals surface area contributed by atoms with Crippen LogP contribution in [0.25, 0.3) is 0 Å². The van der Waals surface area contributed by atoms with Crippen LogP contribution in [0.15, 0.2) is 0 Å². The summed E-state index contributed by atoms with van der Waals surface area (Å²) in [6.45, 7) is 5.92. The molecule has 0 heterocycles. The zero-order valence-corrected chi connectivity index (χ0v) is 20.1. The van der Waals surface area contributed by atoms with Gasteiger partial charge in [0.2, 0.25) is 0 Å². The van der Waals surface area contributed by atoms with Crippen LogP contribution < -0.4 is 0 Å². The number of alkyl halides is 1. The highest BCUT2D eigenvalue weighted by atomic mass is 127. The van der Waals surface area contributed by atoms with E-state index in [9.17, 15) is 29.4 Å². The zero-order chi connectivity index (χ0) is 23.5. The highest BCUT2D eigenvalue weighted by Gasteiger charge is 2.43. The van der Waals surface area contributed by atoms with Crippen molar-refractivity contribution in [3.8, 4) is 0 Å². The van der Waals surface area contributed by atoms with Crippen LogP contribution in [-0.4, -0.2) is 77.2 Å². The van der Waals surface area contributed by atoms with Gasteiger partial charge in [0.15, 0.2) is 0 Å². The van der Waals surface area contributed by atoms with Gasteiger partial charge in [0, 0.05) is 18.3 Å². The van der Waals surface area contributed by atoms with Crippen LogP contribution in [0.1, 0.15) is 41.0 Å². The van der Waals surface area contributed by atoms with E-state index in [1.54, 1.807) is 20.8 Å². The topological polar surface area (TPSA) is 146 Å². The lowest BCUT2D eigenvalue weighted by atomic mass is 9.75. The van der Waals surface area contributed by atoms with Crippen LogP contribution in [0.3, 0.4) is 0 Å². The summed E-state index contributed by atoms with van der Waals surface area (Å²) < 4.78 is 19.9. The molecule has 3 unspecified atom stereocenters. The molecule has 0 aliphatic rings. The molecular weight excluding hydrogens is 515 g/mol. The predicted octanol–water partition coefficient (Wildman–Crippen LogP) is 0.778. The van der Waals surface area contributed by atoms with Gasteiger partial charge >= 0.3 is 23.9 Å². The molecule has 0 bridgehead atoms. The first-order valence-corrected chi connectivity index (χ1v) is 10.8. The Bertz CT molecular complexity index is 606. The first-order valence-electron chi connectivity index (χ1n) is 9.27. The summed E-state index contributed by atoms with van der Waals surface area (Å²) >= 11 is 2.00. The van der Waals surface area contributed by atoms with Crippen LogP contribution in [0.5, 0.6) is 0 Å². The van der Waals surface area contributed by atoms with E-state index in [2.05, 4.69) is 9.47 Å². The van der Waals surface area contributed by atoms with Gasteiger partial charge in [-0.25, -0.2) is 0 Å². The monoisotopic (exact) mass is 546 g/mol. The summed E-state index contributed by atoms with van der Waals surface area (Å²) in [6.07, 6.45) is -2.23. The molecule has 0 saturated carbocycles. The van der Waals surface area contributed by atoms with Gasteiger partial charge in [0.25, 0.3) is 0 Å². The van der Waals surface area contributed by atoms with E-state index in [4.69, 9.17) is 9.47 Å². The van der Waals surface area contributed by atoms with Crippen molar-refractivity contribution < 1.29 is 48.3 Å². The number of halogens is 1. The quantitative estimate of drug-likeness (QED) is 0.147. The molecule has 0 saturated heterocycles. The summed E-state index contributed by atoms with van der Waals surface area (Å²) in [5, 5.41) is 19.4. The second-order valence-corrected chi connectivity index (χ2v) is 8.63. The lowest BCUT2D eigenvalue weighted by Gasteiger charge is -2.33. The van der Waals surface area contributed by atoms with Crippen LogP contribution in [0.4, 0.5) is 0 Å². The van der Waals surface area contributed by atoms with Gasteiger partial charge in [0.05, 0.1) is 10.8 Å². The zero-order valence-electron chi connectivity index (χ0n) is 17.9. The molecule has 30 heavy (non-hydrogen) atoms. The van der Waals surface area contributed by atoms with E-state index in [-0.39, 0.29) is 32.8 Å². The molecule has 0 fully saturated rings. The highest BCUT2D eigenvalue weighted by molar-refractivity contribution is 14.1. The predicted molar refractivity (Wildman–Crippen MR) is 113 cm³/mol. The average molecular weight is 546 g/mol. The minimum absolute atomic E-state index is 0.0840. The third-order valence-corrected chi connectivity index (χ3v) is 5.63. The van der Waals surface area contributed by atoms with Crippen molar-refractivity contribution >= 4 is 46.5 Å². The minimum atomic E-state index is -1.16. The normalized spacial score (nSPS) is 15.3. The van der Waals surface area contributed by atoms with Gasteiger partial charge in [-0.3, -0.25) is 19.2 Å². The van der Waals surface area contributed by atoms with Gasteiger partial charge in [-0.05, 0) is 27.2 Å². The maximum Gasteiger partial charge on any atom is 0.312 e. The number of carbonyl (C=O) groups excluding carboxylic acids is 4. The fourth-order valence-corrected chi connectivity index (χ4v) is 3.04. The number of hydrogen-bond donors (Lipinski definition) is 2. The van der Waals surface area contributed by atoms with Gasteiger partial charge in [-0.1, -0.05) is 22.6 Å². The van der Waals surface area contributed by atoms with E-state index in [1.807, 2.05) is 22.6 Å². The van der Waals surface area contributed by atoms with Crippen LogP contribution in [0.2, 0.25) is 0 Å². The molecule has 11 heteroatoms. The number of ether oxygens (including phenoxy) is 4. The molecule has 174 valence electrons. The third-order valence-electron chi connectivity index (χ3n) is 3.94. The molecule has 0 aliphatic heterocycles. The van der Waals surface area contributed by atoms with Crippen molar-refractivity contribution in [2.24, 2.45) is 10.8 Å². The average Bonchev–Trinajstić information content (AvgIpc) is 2.66. The summed E-state index contributed by atoms with van der Waals surface area (Å²) in [7, 11) is 0. The van der Waals surface area contributed by atoms with E-state index >= 15 is 0 Å². The molecule has 2 N–H and O–H groups in total. The summed E-state index contributed by atoms with van der Waals surface area (Å²) in [5.74, 6) is -2.37. The largest absolute Gasteiger partial charge is 0.463 e. The lowest BCUT2D eigenvalue weighted by molar-refractivity contribution is -0.166. The number of carbonyl (C=O) groups is 4. The Hall–Kier alpha value is -1.47. The fraction of sp³-hybridized carbons (Fsp3) is 0.789. The van der Waals surface area contributed by atoms with Crippen LogP contribution in [-0.2, 0) is 38.1 Å².